The van der Waals surface area contributed by atoms with Crippen molar-refractivity contribution < 1.29 is 28.9 Å². The molecule has 3 aromatic carbocycles. The third-order valence-corrected chi connectivity index (χ3v) is 6.86. The van der Waals surface area contributed by atoms with Crippen LogP contribution in [0.3, 0.4) is 0 Å². The standard InChI is InChI=1S/C28H29N3O6S/c1-19-8-11-21(12-9-19)37-28(34)31(18-26(32)33)17-20-10-13-23(35-3)24(16-20)36-15-14-30(2)27-29-22-6-4-5-7-25(22)38-27/h4-13,16H,14-15,17-18H2,1-3H3,(H,32,33). The van der Waals surface area contributed by atoms with E-state index in [0.717, 1.165) is 25.8 Å². The first-order chi connectivity index (χ1) is 18.3. The lowest BCUT2D eigenvalue weighted by atomic mass is 10.2. The highest BCUT2D eigenvalue weighted by Crippen LogP contribution is 2.30. The number of aryl methyl sites for hydroxylation is 1. The highest BCUT2D eigenvalue weighted by atomic mass is 32.1. The van der Waals surface area contributed by atoms with E-state index in [2.05, 4.69) is 4.98 Å². The van der Waals surface area contributed by atoms with E-state index in [1.807, 2.05) is 55.3 Å². The second-order valence-electron chi connectivity index (χ2n) is 8.65. The van der Waals surface area contributed by atoms with Gasteiger partial charge in [-0.3, -0.25) is 9.69 Å². The Morgan fingerprint density at radius 2 is 1.79 bits per heavy atom. The molecule has 1 N–H and O–H groups in total. The van der Waals surface area contributed by atoms with Crippen LogP contribution in [-0.2, 0) is 11.3 Å². The number of carbonyl (C=O) groups is 2. The van der Waals surface area contributed by atoms with E-state index >= 15 is 0 Å². The van der Waals surface area contributed by atoms with Gasteiger partial charge in [0.1, 0.15) is 18.9 Å². The van der Waals surface area contributed by atoms with Gasteiger partial charge in [0.2, 0.25) is 0 Å². The maximum atomic E-state index is 12.8. The van der Waals surface area contributed by atoms with Crippen LogP contribution in [0, 0.1) is 6.92 Å². The van der Waals surface area contributed by atoms with Crippen LogP contribution < -0.4 is 19.1 Å². The number of methoxy groups -OCH3 is 1. The van der Waals surface area contributed by atoms with E-state index in [9.17, 15) is 14.7 Å². The minimum absolute atomic E-state index is 0.0168. The summed E-state index contributed by atoms with van der Waals surface area (Å²) in [6.07, 6.45) is -0.757. The number of carbonyl (C=O) groups excluding carboxylic acids is 1. The van der Waals surface area contributed by atoms with Crippen LogP contribution in [0.15, 0.2) is 66.7 Å². The first-order valence-electron chi connectivity index (χ1n) is 11.9. The zero-order valence-electron chi connectivity index (χ0n) is 21.4. The van der Waals surface area contributed by atoms with Gasteiger partial charge in [0, 0.05) is 13.6 Å². The number of amides is 1. The summed E-state index contributed by atoms with van der Waals surface area (Å²) < 4.78 is 18.0. The summed E-state index contributed by atoms with van der Waals surface area (Å²) >= 11 is 1.61. The Labute approximate surface area is 224 Å². The van der Waals surface area contributed by atoms with Crippen molar-refractivity contribution in [2.24, 2.45) is 0 Å². The molecule has 198 valence electrons. The normalized spacial score (nSPS) is 10.7. The molecule has 0 saturated carbocycles. The van der Waals surface area contributed by atoms with E-state index < -0.39 is 18.6 Å². The summed E-state index contributed by atoms with van der Waals surface area (Å²) in [7, 11) is 3.50. The molecule has 1 amide bonds. The van der Waals surface area contributed by atoms with Crippen LogP contribution in [0.2, 0.25) is 0 Å². The van der Waals surface area contributed by atoms with E-state index in [-0.39, 0.29) is 6.54 Å². The highest BCUT2D eigenvalue weighted by molar-refractivity contribution is 7.22. The largest absolute Gasteiger partial charge is 0.493 e. The van der Waals surface area contributed by atoms with Crippen LogP contribution in [0.25, 0.3) is 10.2 Å². The lowest BCUT2D eigenvalue weighted by Crippen LogP contribution is -2.37. The average Bonchev–Trinajstić information content (AvgIpc) is 3.34. The zero-order valence-corrected chi connectivity index (χ0v) is 22.2. The highest BCUT2D eigenvalue weighted by Gasteiger charge is 2.20. The summed E-state index contributed by atoms with van der Waals surface area (Å²) in [4.78, 5) is 32.0. The van der Waals surface area contributed by atoms with Crippen molar-refractivity contribution >= 4 is 38.7 Å². The lowest BCUT2D eigenvalue weighted by molar-refractivity contribution is -0.138. The van der Waals surface area contributed by atoms with Gasteiger partial charge >= 0.3 is 12.1 Å². The lowest BCUT2D eigenvalue weighted by Gasteiger charge is -2.21. The molecule has 0 unspecified atom stereocenters. The predicted octanol–water partition coefficient (Wildman–Crippen LogP) is 5.21. The first-order valence-corrected chi connectivity index (χ1v) is 12.8. The fraction of sp³-hybridized carbons (Fsp3) is 0.250. The number of likely N-dealkylation sites (N-methyl/N-ethyl adjacent to an activating group) is 1. The van der Waals surface area contributed by atoms with Crippen LogP contribution in [-0.4, -0.2) is 60.9 Å². The number of aliphatic carboxylic acids is 1. The molecule has 1 heterocycles. The Hall–Kier alpha value is -4.31. The maximum absolute atomic E-state index is 12.8. The van der Waals surface area contributed by atoms with Gasteiger partial charge in [0.25, 0.3) is 0 Å². The van der Waals surface area contributed by atoms with E-state index in [0.29, 0.717) is 36.0 Å². The summed E-state index contributed by atoms with van der Waals surface area (Å²) in [6, 6.07) is 20.2. The molecule has 0 aliphatic rings. The van der Waals surface area contributed by atoms with Gasteiger partial charge in [0.05, 0.1) is 23.9 Å². The second kappa shape index (κ2) is 12.3. The van der Waals surface area contributed by atoms with Crippen molar-refractivity contribution in [3.05, 3.63) is 77.9 Å². The second-order valence-corrected chi connectivity index (χ2v) is 9.66. The van der Waals surface area contributed by atoms with Gasteiger partial charge in [-0.1, -0.05) is 47.2 Å². The fourth-order valence-electron chi connectivity index (χ4n) is 3.68. The molecule has 4 aromatic rings. The predicted molar refractivity (Wildman–Crippen MR) is 147 cm³/mol. The summed E-state index contributed by atoms with van der Waals surface area (Å²) in [6.45, 7) is 2.37. The van der Waals surface area contributed by atoms with Crippen molar-refractivity contribution in [3.63, 3.8) is 0 Å². The third-order valence-electron chi connectivity index (χ3n) is 5.71. The van der Waals surface area contributed by atoms with Crippen LogP contribution >= 0.6 is 11.3 Å². The number of carboxylic acid groups (broad SMARTS) is 1. The smallest absolute Gasteiger partial charge is 0.416 e. The average molecular weight is 536 g/mol. The Morgan fingerprint density at radius 3 is 2.50 bits per heavy atom. The number of hydrogen-bond donors (Lipinski definition) is 1. The number of para-hydroxylation sites is 1. The van der Waals surface area contributed by atoms with Gasteiger partial charge in [-0.25, -0.2) is 9.78 Å². The van der Waals surface area contributed by atoms with Gasteiger partial charge in [-0.2, -0.15) is 0 Å². The SMILES string of the molecule is COc1ccc(CN(CC(=O)O)C(=O)Oc2ccc(C)cc2)cc1OCCN(C)c1nc2ccccc2s1. The molecule has 10 heteroatoms. The number of anilines is 1. The van der Waals surface area contributed by atoms with Crippen LogP contribution in [0.5, 0.6) is 17.2 Å². The molecule has 0 radical (unpaired) electrons. The number of rotatable bonds is 11. The van der Waals surface area contributed by atoms with Crippen LogP contribution in [0.1, 0.15) is 11.1 Å². The quantitative estimate of drug-likeness (QED) is 0.279. The van der Waals surface area contributed by atoms with Gasteiger partial charge in [0.15, 0.2) is 16.6 Å². The molecule has 9 nitrogen and oxygen atoms in total. The minimum Gasteiger partial charge on any atom is -0.493 e. The molecule has 0 aliphatic carbocycles. The van der Waals surface area contributed by atoms with Crippen molar-refractivity contribution in [3.8, 4) is 17.2 Å². The molecule has 0 atom stereocenters. The molecule has 1 aromatic heterocycles. The molecular formula is C28H29N3O6S. The van der Waals surface area contributed by atoms with Gasteiger partial charge in [-0.05, 0) is 48.9 Å². The third kappa shape index (κ3) is 6.92. The van der Waals surface area contributed by atoms with Crippen molar-refractivity contribution in [2.45, 2.75) is 13.5 Å². The first kappa shape index (κ1) is 26.7. The molecule has 0 aliphatic heterocycles. The van der Waals surface area contributed by atoms with Crippen molar-refractivity contribution in [1.82, 2.24) is 9.88 Å². The Kier molecular flexibility index (Phi) is 8.65. The number of fused-ring (bicyclic) bond motifs is 1. The Morgan fingerprint density at radius 1 is 1.03 bits per heavy atom. The number of nitrogens with zero attached hydrogens (tertiary/aromatic N) is 3. The zero-order chi connectivity index (χ0) is 27.1. The van der Waals surface area contributed by atoms with Crippen molar-refractivity contribution in [1.29, 1.82) is 0 Å². The number of benzene rings is 3. The summed E-state index contributed by atoms with van der Waals surface area (Å²) in [5, 5.41) is 10.3. The van der Waals surface area contributed by atoms with Crippen molar-refractivity contribution in [2.75, 3.05) is 38.8 Å². The molecule has 4 rings (SSSR count). The Balaban J connectivity index is 1.41. The van der Waals surface area contributed by atoms with Crippen LogP contribution in [0.4, 0.5) is 9.93 Å². The fourth-order valence-corrected chi connectivity index (χ4v) is 4.64. The maximum Gasteiger partial charge on any atom is 0.416 e. The number of carboxylic acids is 1. The molecule has 0 spiro atoms. The monoisotopic (exact) mass is 535 g/mol. The molecule has 0 fully saturated rings. The number of ether oxygens (including phenoxy) is 3. The number of thiazole rings is 1. The molecule has 38 heavy (non-hydrogen) atoms. The summed E-state index contributed by atoms with van der Waals surface area (Å²) in [5.74, 6) is 0.217. The number of aromatic nitrogens is 1. The van der Waals surface area contributed by atoms with Gasteiger partial charge < -0.3 is 24.2 Å². The number of hydrogen-bond acceptors (Lipinski definition) is 8. The van der Waals surface area contributed by atoms with E-state index in [1.54, 1.807) is 48.8 Å². The topological polar surface area (TPSA) is 101 Å². The molecule has 0 bridgehead atoms. The van der Waals surface area contributed by atoms with Gasteiger partial charge in [-0.15, -0.1) is 0 Å². The molecule has 0 saturated heterocycles. The Bertz CT molecular complexity index is 1370. The molecular weight excluding hydrogens is 506 g/mol. The minimum atomic E-state index is -1.14. The van der Waals surface area contributed by atoms with E-state index in [1.165, 1.54) is 0 Å². The summed E-state index contributed by atoms with van der Waals surface area (Å²) in [5.41, 5.74) is 2.65. The van der Waals surface area contributed by atoms with E-state index in [4.69, 9.17) is 14.2 Å².